The van der Waals surface area contributed by atoms with Gasteiger partial charge in [0, 0.05) is 4.88 Å². The van der Waals surface area contributed by atoms with Gasteiger partial charge in [0.2, 0.25) is 5.82 Å². The lowest BCUT2D eigenvalue weighted by atomic mass is 10.4. The van der Waals surface area contributed by atoms with Crippen LogP contribution in [0.2, 0.25) is 0 Å². The van der Waals surface area contributed by atoms with Crippen LogP contribution in [0.25, 0.3) is 0 Å². The second-order valence-electron chi connectivity index (χ2n) is 3.02. The Morgan fingerprint density at radius 1 is 1.50 bits per heavy atom. The summed E-state index contributed by atoms with van der Waals surface area (Å²) in [7, 11) is 0. The molecule has 2 aromatic rings. The third kappa shape index (κ3) is 2.17. The summed E-state index contributed by atoms with van der Waals surface area (Å²) in [4.78, 5) is 0.794. The van der Waals surface area contributed by atoms with Gasteiger partial charge in [-0.05, 0) is 23.7 Å². The lowest BCUT2D eigenvalue weighted by molar-refractivity contribution is -0.147. The Hall–Kier alpha value is -1.15. The molecular weight excluding hydrogens is 259 g/mol. The first-order valence-corrected chi connectivity index (χ1v) is 5.52. The molecule has 0 fully saturated rings. The molecule has 0 aliphatic rings. The molecule has 0 amide bonds. The zero-order chi connectivity index (χ0) is 11.8. The van der Waals surface area contributed by atoms with Gasteiger partial charge in [0.25, 0.3) is 0 Å². The molecule has 16 heavy (non-hydrogen) atoms. The zero-order valence-corrected chi connectivity index (χ0v) is 9.42. The number of hydrogen-bond donors (Lipinski definition) is 1. The second-order valence-corrected chi connectivity index (χ2v) is 4.43. The summed E-state index contributed by atoms with van der Waals surface area (Å²) in [5.41, 5.74) is 0. The standard InChI is InChI=1S/C8H6F3N3S2/c9-8(10,11)6-12-13-7(15)14(6)4-5-2-1-3-16-5/h1-3H,4H2,(H,13,15). The number of H-pyrrole nitrogens is 1. The fourth-order valence-electron chi connectivity index (χ4n) is 1.24. The predicted molar refractivity (Wildman–Crippen MR) is 55.8 cm³/mol. The van der Waals surface area contributed by atoms with Crippen LogP contribution in [0.15, 0.2) is 17.5 Å². The molecule has 2 rings (SSSR count). The minimum Gasteiger partial charge on any atom is -0.291 e. The van der Waals surface area contributed by atoms with Gasteiger partial charge >= 0.3 is 6.18 Å². The number of alkyl halides is 3. The van der Waals surface area contributed by atoms with Crippen molar-refractivity contribution in [1.29, 1.82) is 0 Å². The first-order valence-electron chi connectivity index (χ1n) is 4.23. The topological polar surface area (TPSA) is 33.6 Å². The summed E-state index contributed by atoms with van der Waals surface area (Å²) in [6.07, 6.45) is -4.50. The molecule has 0 bridgehead atoms. The number of halogens is 3. The lowest BCUT2D eigenvalue weighted by Crippen LogP contribution is -2.15. The molecule has 1 N–H and O–H groups in total. The van der Waals surface area contributed by atoms with E-state index in [2.05, 4.69) is 10.2 Å². The zero-order valence-electron chi connectivity index (χ0n) is 7.78. The van der Waals surface area contributed by atoms with Crippen molar-refractivity contribution in [3.8, 4) is 0 Å². The number of aromatic amines is 1. The van der Waals surface area contributed by atoms with Crippen molar-refractivity contribution in [2.75, 3.05) is 0 Å². The van der Waals surface area contributed by atoms with Gasteiger partial charge in [-0.25, -0.2) is 0 Å². The molecule has 3 nitrogen and oxygen atoms in total. The highest BCUT2D eigenvalue weighted by molar-refractivity contribution is 7.71. The van der Waals surface area contributed by atoms with Crippen LogP contribution in [0.1, 0.15) is 10.7 Å². The smallest absolute Gasteiger partial charge is 0.291 e. The van der Waals surface area contributed by atoms with E-state index in [0.29, 0.717) is 0 Å². The maximum Gasteiger partial charge on any atom is 0.451 e. The van der Waals surface area contributed by atoms with Crippen LogP contribution in [0.5, 0.6) is 0 Å². The fraction of sp³-hybridized carbons (Fsp3) is 0.250. The molecule has 0 radical (unpaired) electrons. The maximum absolute atomic E-state index is 12.5. The number of rotatable bonds is 2. The Kier molecular flexibility index (Phi) is 2.85. The van der Waals surface area contributed by atoms with Crippen molar-refractivity contribution < 1.29 is 13.2 Å². The molecule has 0 unspecified atom stereocenters. The van der Waals surface area contributed by atoms with Crippen LogP contribution in [-0.4, -0.2) is 14.8 Å². The van der Waals surface area contributed by atoms with Gasteiger partial charge in [0.15, 0.2) is 4.77 Å². The average Bonchev–Trinajstić information content (AvgIpc) is 2.76. The third-order valence-electron chi connectivity index (χ3n) is 1.91. The average molecular weight is 265 g/mol. The van der Waals surface area contributed by atoms with Crippen molar-refractivity contribution >= 4 is 23.6 Å². The largest absolute Gasteiger partial charge is 0.451 e. The highest BCUT2D eigenvalue weighted by atomic mass is 32.1. The summed E-state index contributed by atoms with van der Waals surface area (Å²) < 4.78 is 38.6. The molecule has 8 heteroatoms. The summed E-state index contributed by atoms with van der Waals surface area (Å²) in [5.74, 6) is -0.995. The van der Waals surface area contributed by atoms with Crippen LogP contribution in [0.4, 0.5) is 13.2 Å². The molecule has 0 spiro atoms. The van der Waals surface area contributed by atoms with E-state index in [1.54, 1.807) is 17.5 Å². The molecule has 0 atom stereocenters. The number of aromatic nitrogens is 3. The van der Waals surface area contributed by atoms with E-state index in [-0.39, 0.29) is 11.3 Å². The first kappa shape index (κ1) is 11.3. The van der Waals surface area contributed by atoms with Crippen LogP contribution in [0, 0.1) is 4.77 Å². The summed E-state index contributed by atoms with van der Waals surface area (Å²) in [6.45, 7) is 0.0852. The number of nitrogens with one attached hydrogen (secondary N) is 1. The van der Waals surface area contributed by atoms with Crippen molar-refractivity contribution in [3.63, 3.8) is 0 Å². The number of hydrogen-bond acceptors (Lipinski definition) is 3. The van der Waals surface area contributed by atoms with Crippen LogP contribution < -0.4 is 0 Å². The monoisotopic (exact) mass is 265 g/mol. The summed E-state index contributed by atoms with van der Waals surface area (Å²) in [5, 5.41) is 7.15. The van der Waals surface area contributed by atoms with Crippen LogP contribution in [0.3, 0.4) is 0 Å². The lowest BCUT2D eigenvalue weighted by Gasteiger charge is -2.07. The van der Waals surface area contributed by atoms with E-state index in [9.17, 15) is 13.2 Å². The van der Waals surface area contributed by atoms with E-state index in [0.717, 1.165) is 9.44 Å². The van der Waals surface area contributed by atoms with E-state index < -0.39 is 12.0 Å². The maximum atomic E-state index is 12.5. The van der Waals surface area contributed by atoms with E-state index in [4.69, 9.17) is 12.2 Å². The Morgan fingerprint density at radius 3 is 2.81 bits per heavy atom. The SMILES string of the molecule is FC(F)(F)c1n[nH]c(=S)n1Cc1cccs1. The van der Waals surface area contributed by atoms with Crippen molar-refractivity contribution in [2.24, 2.45) is 0 Å². The highest BCUT2D eigenvalue weighted by Crippen LogP contribution is 2.28. The predicted octanol–water partition coefficient (Wildman–Crippen LogP) is 3.07. The normalized spacial score (nSPS) is 11.9. The van der Waals surface area contributed by atoms with Gasteiger partial charge in [-0.1, -0.05) is 6.07 Å². The highest BCUT2D eigenvalue weighted by Gasteiger charge is 2.37. The summed E-state index contributed by atoms with van der Waals surface area (Å²) >= 11 is 6.14. The van der Waals surface area contributed by atoms with Crippen LogP contribution >= 0.6 is 23.6 Å². The molecule has 0 saturated heterocycles. The van der Waals surface area contributed by atoms with Crippen molar-refractivity contribution in [2.45, 2.75) is 12.7 Å². The molecule has 0 saturated carbocycles. The molecule has 0 aliphatic heterocycles. The Balaban J connectivity index is 2.40. The van der Waals surface area contributed by atoms with Crippen molar-refractivity contribution in [3.05, 3.63) is 33.0 Å². The molecule has 0 aromatic carbocycles. The Labute approximate surface area is 97.5 Å². The molecule has 2 heterocycles. The van der Waals surface area contributed by atoms with E-state index in [1.807, 2.05) is 0 Å². The molecule has 0 aliphatic carbocycles. The van der Waals surface area contributed by atoms with Crippen LogP contribution in [-0.2, 0) is 12.7 Å². The Bertz CT molecular complexity index is 523. The third-order valence-corrected chi connectivity index (χ3v) is 3.08. The second kappa shape index (κ2) is 4.02. The fourth-order valence-corrected chi connectivity index (χ4v) is 2.13. The summed E-state index contributed by atoms with van der Waals surface area (Å²) in [6, 6.07) is 3.52. The van der Waals surface area contributed by atoms with Gasteiger partial charge in [-0.3, -0.25) is 9.67 Å². The van der Waals surface area contributed by atoms with Gasteiger partial charge in [0.05, 0.1) is 6.54 Å². The van der Waals surface area contributed by atoms with Gasteiger partial charge < -0.3 is 0 Å². The molecule has 2 aromatic heterocycles. The number of nitrogens with zero attached hydrogens (tertiary/aromatic N) is 2. The van der Waals surface area contributed by atoms with E-state index >= 15 is 0 Å². The Morgan fingerprint density at radius 2 is 2.25 bits per heavy atom. The quantitative estimate of drug-likeness (QED) is 0.847. The minimum absolute atomic E-state index is 0.0271. The first-order chi connectivity index (χ1) is 7.48. The van der Waals surface area contributed by atoms with Gasteiger partial charge in [-0.15, -0.1) is 16.4 Å². The van der Waals surface area contributed by atoms with Crippen molar-refractivity contribution in [1.82, 2.24) is 14.8 Å². The van der Waals surface area contributed by atoms with E-state index in [1.165, 1.54) is 11.3 Å². The van der Waals surface area contributed by atoms with Gasteiger partial charge in [-0.2, -0.15) is 13.2 Å². The minimum atomic E-state index is -4.50. The molecular formula is C8H6F3N3S2. The van der Waals surface area contributed by atoms with Gasteiger partial charge in [0.1, 0.15) is 0 Å². The molecule has 86 valence electrons. The number of thiophene rings is 1.